The Balaban J connectivity index is 1.59. The Hall–Kier alpha value is -1.69. The van der Waals surface area contributed by atoms with Gasteiger partial charge in [0.1, 0.15) is 0 Å². The minimum absolute atomic E-state index is 0.337. The van der Waals surface area contributed by atoms with E-state index < -0.39 is 0 Å². The van der Waals surface area contributed by atoms with Crippen LogP contribution in [0.1, 0.15) is 11.3 Å². The first-order chi connectivity index (χ1) is 10.8. The first kappa shape index (κ1) is 13.9. The van der Waals surface area contributed by atoms with Gasteiger partial charge in [0.15, 0.2) is 0 Å². The number of nitrogens with one attached hydrogen (secondary N) is 1. The minimum atomic E-state index is 0.337. The average molecular weight is 298 g/mol. The summed E-state index contributed by atoms with van der Waals surface area (Å²) in [5.41, 5.74) is 3.65. The number of ether oxygens (including phenoxy) is 1. The number of aromatic nitrogens is 2. The van der Waals surface area contributed by atoms with Crippen molar-refractivity contribution in [3.63, 3.8) is 0 Å². The van der Waals surface area contributed by atoms with Gasteiger partial charge in [-0.15, -0.1) is 0 Å². The van der Waals surface area contributed by atoms with Crippen LogP contribution in [-0.2, 0) is 11.3 Å². The van der Waals surface area contributed by atoms with Crippen molar-refractivity contribution >= 4 is 0 Å². The highest BCUT2D eigenvalue weighted by Crippen LogP contribution is 2.22. The molecule has 0 saturated carbocycles. The normalized spacial score (nSPS) is 25.3. The lowest BCUT2D eigenvalue weighted by molar-refractivity contribution is -0.0506. The van der Waals surface area contributed by atoms with Crippen LogP contribution in [0.25, 0.3) is 5.69 Å². The number of fused-ring (bicyclic) bond motifs is 1. The molecule has 2 fully saturated rings. The molecule has 2 aliphatic rings. The standard InChI is InChI=1S/C17H22N4O/c1-13-4-2-3-5-15(13)21-14(6-7-19-21)12-20-8-9-22-17-11-18-10-16(17)20/h2-7,16-18H,8-12H2,1H3/t16-,17+/m1/s1. The van der Waals surface area contributed by atoms with Crippen LogP contribution in [-0.4, -0.2) is 53.1 Å². The highest BCUT2D eigenvalue weighted by molar-refractivity contribution is 5.40. The molecule has 22 heavy (non-hydrogen) atoms. The Morgan fingerprint density at radius 3 is 3.09 bits per heavy atom. The van der Waals surface area contributed by atoms with E-state index in [1.54, 1.807) is 0 Å². The molecule has 5 nitrogen and oxygen atoms in total. The van der Waals surface area contributed by atoms with Crippen molar-refractivity contribution in [1.29, 1.82) is 0 Å². The summed E-state index contributed by atoms with van der Waals surface area (Å²) in [6.45, 7) is 6.84. The van der Waals surface area contributed by atoms with E-state index in [1.165, 1.54) is 11.3 Å². The van der Waals surface area contributed by atoms with E-state index in [1.807, 2.05) is 6.20 Å². The third-order valence-corrected chi connectivity index (χ3v) is 4.74. The van der Waals surface area contributed by atoms with Gasteiger partial charge in [-0.05, 0) is 24.6 Å². The summed E-state index contributed by atoms with van der Waals surface area (Å²) in [6, 6.07) is 11.0. The maximum Gasteiger partial charge on any atom is 0.0867 e. The first-order valence-electron chi connectivity index (χ1n) is 7.98. The van der Waals surface area contributed by atoms with Crippen molar-refractivity contribution in [3.05, 3.63) is 47.8 Å². The van der Waals surface area contributed by atoms with Gasteiger partial charge in [-0.3, -0.25) is 4.90 Å². The van der Waals surface area contributed by atoms with Crippen molar-refractivity contribution in [1.82, 2.24) is 20.0 Å². The van der Waals surface area contributed by atoms with Crippen molar-refractivity contribution in [2.75, 3.05) is 26.2 Å². The number of benzene rings is 1. The number of para-hydroxylation sites is 1. The topological polar surface area (TPSA) is 42.3 Å². The predicted molar refractivity (Wildman–Crippen MR) is 85.1 cm³/mol. The van der Waals surface area contributed by atoms with Crippen LogP contribution < -0.4 is 5.32 Å². The van der Waals surface area contributed by atoms with Gasteiger partial charge in [0, 0.05) is 32.4 Å². The van der Waals surface area contributed by atoms with Crippen LogP contribution >= 0.6 is 0 Å². The fourth-order valence-corrected chi connectivity index (χ4v) is 3.54. The molecule has 2 saturated heterocycles. The third-order valence-electron chi connectivity index (χ3n) is 4.74. The first-order valence-corrected chi connectivity index (χ1v) is 7.98. The largest absolute Gasteiger partial charge is 0.374 e. The molecule has 116 valence electrons. The van der Waals surface area contributed by atoms with Crippen LogP contribution in [0, 0.1) is 6.92 Å². The van der Waals surface area contributed by atoms with E-state index in [0.717, 1.165) is 38.5 Å². The zero-order chi connectivity index (χ0) is 14.9. The van der Waals surface area contributed by atoms with Gasteiger partial charge < -0.3 is 10.1 Å². The number of rotatable bonds is 3. The Kier molecular flexibility index (Phi) is 3.70. The molecule has 2 atom stereocenters. The third kappa shape index (κ3) is 2.45. The molecule has 2 aromatic rings. The summed E-state index contributed by atoms with van der Waals surface area (Å²) in [5.74, 6) is 0. The molecule has 0 unspecified atom stereocenters. The van der Waals surface area contributed by atoms with E-state index in [2.05, 4.69) is 57.3 Å². The molecule has 1 aromatic carbocycles. The SMILES string of the molecule is Cc1ccccc1-n1nccc1CN1CCO[C@H]2CNC[C@H]21. The van der Waals surface area contributed by atoms with Crippen LogP contribution in [0.5, 0.6) is 0 Å². The van der Waals surface area contributed by atoms with E-state index in [4.69, 9.17) is 4.74 Å². The summed E-state index contributed by atoms with van der Waals surface area (Å²) < 4.78 is 7.93. The van der Waals surface area contributed by atoms with Crippen LogP contribution in [0.4, 0.5) is 0 Å². The van der Waals surface area contributed by atoms with E-state index >= 15 is 0 Å². The number of morpholine rings is 1. The number of hydrogen-bond acceptors (Lipinski definition) is 4. The zero-order valence-electron chi connectivity index (χ0n) is 12.9. The van der Waals surface area contributed by atoms with Gasteiger partial charge in [-0.2, -0.15) is 5.10 Å². The quantitative estimate of drug-likeness (QED) is 0.929. The summed E-state index contributed by atoms with van der Waals surface area (Å²) in [4.78, 5) is 2.53. The molecule has 2 aliphatic heterocycles. The lowest BCUT2D eigenvalue weighted by Gasteiger charge is -2.36. The lowest BCUT2D eigenvalue weighted by Crippen LogP contribution is -2.50. The highest BCUT2D eigenvalue weighted by atomic mass is 16.5. The molecule has 0 amide bonds. The minimum Gasteiger partial charge on any atom is -0.374 e. The van der Waals surface area contributed by atoms with E-state index in [9.17, 15) is 0 Å². The van der Waals surface area contributed by atoms with Gasteiger partial charge in [0.05, 0.1) is 30.1 Å². The van der Waals surface area contributed by atoms with Crippen molar-refractivity contribution in [2.45, 2.75) is 25.6 Å². The van der Waals surface area contributed by atoms with Crippen molar-refractivity contribution in [3.8, 4) is 5.69 Å². The maximum absolute atomic E-state index is 5.86. The predicted octanol–water partition coefficient (Wildman–Crippen LogP) is 1.35. The maximum atomic E-state index is 5.86. The zero-order valence-corrected chi connectivity index (χ0v) is 12.9. The fraction of sp³-hybridized carbons (Fsp3) is 0.471. The van der Waals surface area contributed by atoms with Crippen LogP contribution in [0.15, 0.2) is 36.5 Å². The van der Waals surface area contributed by atoms with Gasteiger partial charge in [0.25, 0.3) is 0 Å². The summed E-state index contributed by atoms with van der Waals surface area (Å²) in [7, 11) is 0. The second-order valence-electron chi connectivity index (χ2n) is 6.13. The monoisotopic (exact) mass is 298 g/mol. The molecule has 1 N–H and O–H groups in total. The molecule has 3 heterocycles. The second kappa shape index (κ2) is 5.83. The van der Waals surface area contributed by atoms with Crippen molar-refractivity contribution < 1.29 is 4.74 Å². The summed E-state index contributed by atoms with van der Waals surface area (Å²) in [6.07, 6.45) is 2.23. The number of nitrogens with zero attached hydrogens (tertiary/aromatic N) is 3. The summed E-state index contributed by atoms with van der Waals surface area (Å²) in [5, 5.41) is 7.98. The Morgan fingerprint density at radius 1 is 1.27 bits per heavy atom. The molecule has 4 rings (SSSR count). The molecule has 1 aromatic heterocycles. The highest BCUT2D eigenvalue weighted by Gasteiger charge is 2.36. The molecular formula is C17H22N4O. The lowest BCUT2D eigenvalue weighted by atomic mass is 10.1. The number of aryl methyl sites for hydroxylation is 1. The number of hydrogen-bond donors (Lipinski definition) is 1. The Bertz CT molecular complexity index is 654. The Morgan fingerprint density at radius 2 is 2.18 bits per heavy atom. The fourth-order valence-electron chi connectivity index (χ4n) is 3.54. The van der Waals surface area contributed by atoms with Crippen LogP contribution in [0.3, 0.4) is 0 Å². The van der Waals surface area contributed by atoms with Gasteiger partial charge in [-0.1, -0.05) is 18.2 Å². The molecular weight excluding hydrogens is 276 g/mol. The molecule has 0 spiro atoms. The average Bonchev–Trinajstić information content (AvgIpc) is 3.17. The molecule has 0 bridgehead atoms. The molecule has 0 radical (unpaired) electrons. The Labute approximate surface area is 130 Å². The van der Waals surface area contributed by atoms with Crippen LogP contribution in [0.2, 0.25) is 0 Å². The van der Waals surface area contributed by atoms with Crippen molar-refractivity contribution in [2.24, 2.45) is 0 Å². The molecule has 5 heteroatoms. The smallest absolute Gasteiger partial charge is 0.0867 e. The second-order valence-corrected chi connectivity index (χ2v) is 6.13. The summed E-state index contributed by atoms with van der Waals surface area (Å²) >= 11 is 0. The van der Waals surface area contributed by atoms with E-state index in [-0.39, 0.29) is 0 Å². The molecule has 0 aliphatic carbocycles. The van der Waals surface area contributed by atoms with E-state index in [0.29, 0.717) is 12.1 Å². The van der Waals surface area contributed by atoms with Gasteiger partial charge in [0.2, 0.25) is 0 Å². The van der Waals surface area contributed by atoms with Gasteiger partial charge in [-0.25, -0.2) is 4.68 Å². The van der Waals surface area contributed by atoms with Gasteiger partial charge >= 0.3 is 0 Å².